The number of benzene rings is 2. The van der Waals surface area contributed by atoms with Crippen molar-refractivity contribution in [1.82, 2.24) is 0 Å². The first-order valence-electron chi connectivity index (χ1n) is 9.60. The van der Waals surface area contributed by atoms with E-state index < -0.39 is 0 Å². The maximum atomic E-state index is 9.68. The second-order valence-electron chi connectivity index (χ2n) is 7.09. The van der Waals surface area contributed by atoms with Crippen LogP contribution in [0.3, 0.4) is 0 Å². The van der Waals surface area contributed by atoms with Gasteiger partial charge >= 0.3 is 0 Å². The molecule has 1 aromatic heterocycles. The van der Waals surface area contributed by atoms with Crippen LogP contribution in [0.5, 0.6) is 5.75 Å². The molecule has 0 spiro atoms. The molecule has 0 bridgehead atoms. The highest BCUT2D eigenvalue weighted by Gasteiger charge is 2.20. The second kappa shape index (κ2) is 10.1. The number of fused-ring (bicyclic) bond motifs is 1. The average Bonchev–Trinajstić information content (AvgIpc) is 3.10. The summed E-state index contributed by atoms with van der Waals surface area (Å²) in [7, 11) is 0. The highest BCUT2D eigenvalue weighted by Crippen LogP contribution is 2.40. The fraction of sp³-hybridized carbons (Fsp3) is 0.217. The molecular weight excluding hydrogens is 583 g/mol. The van der Waals surface area contributed by atoms with Gasteiger partial charge in [0.25, 0.3) is 0 Å². The van der Waals surface area contributed by atoms with Crippen LogP contribution in [-0.4, -0.2) is 6.21 Å². The number of hydrogen-bond acceptors (Lipinski definition) is 4. The molecule has 1 heterocycles. The van der Waals surface area contributed by atoms with E-state index in [0.29, 0.717) is 21.4 Å². The van der Waals surface area contributed by atoms with Crippen molar-refractivity contribution in [2.75, 3.05) is 0 Å². The van der Waals surface area contributed by atoms with E-state index in [1.807, 2.05) is 18.2 Å². The Balaban J connectivity index is 1.64. The normalized spacial score (nSPS) is 13.3. The van der Waals surface area contributed by atoms with E-state index in [0.717, 1.165) is 44.3 Å². The first kappa shape index (κ1) is 22.8. The molecular formula is C23H16Br2Cl2N2OS. The SMILES string of the molecule is N#Cc1c(N=Cc2cc(Br)cc(Br)c2OCc2ccc(Cl)cc2Cl)sc2c1CCCC2. The Morgan fingerprint density at radius 3 is 2.74 bits per heavy atom. The molecule has 0 aliphatic heterocycles. The fourth-order valence-electron chi connectivity index (χ4n) is 3.50. The molecule has 0 amide bonds. The smallest absolute Gasteiger partial charge is 0.142 e. The number of ether oxygens (including phenoxy) is 1. The van der Waals surface area contributed by atoms with Crippen molar-refractivity contribution < 1.29 is 4.74 Å². The van der Waals surface area contributed by atoms with Crippen LogP contribution in [-0.2, 0) is 19.4 Å². The lowest BCUT2D eigenvalue weighted by Gasteiger charge is -2.13. The third-order valence-electron chi connectivity index (χ3n) is 5.01. The molecule has 0 fully saturated rings. The summed E-state index contributed by atoms with van der Waals surface area (Å²) in [5.74, 6) is 0.651. The van der Waals surface area contributed by atoms with Gasteiger partial charge in [0.2, 0.25) is 0 Å². The van der Waals surface area contributed by atoms with E-state index in [1.54, 1.807) is 29.7 Å². The van der Waals surface area contributed by atoms with Gasteiger partial charge in [-0.1, -0.05) is 45.2 Å². The Kier molecular flexibility index (Phi) is 7.40. The monoisotopic (exact) mass is 596 g/mol. The molecule has 158 valence electrons. The molecule has 3 aromatic rings. The number of rotatable bonds is 5. The van der Waals surface area contributed by atoms with Gasteiger partial charge in [-0.05, 0) is 71.4 Å². The van der Waals surface area contributed by atoms with Crippen LogP contribution < -0.4 is 4.74 Å². The zero-order valence-electron chi connectivity index (χ0n) is 16.2. The van der Waals surface area contributed by atoms with Crippen molar-refractivity contribution >= 4 is 77.6 Å². The summed E-state index contributed by atoms with van der Waals surface area (Å²) in [6.45, 7) is 0.286. The van der Waals surface area contributed by atoms with E-state index in [-0.39, 0.29) is 6.61 Å². The lowest BCUT2D eigenvalue weighted by Crippen LogP contribution is -2.00. The summed E-state index contributed by atoms with van der Waals surface area (Å²) in [5.41, 5.74) is 3.51. The quantitative estimate of drug-likeness (QED) is 0.276. The summed E-state index contributed by atoms with van der Waals surface area (Å²) in [4.78, 5) is 5.98. The standard InChI is InChI=1S/C23H16Br2Cl2N2OS/c24-15-7-14(11-29-23-18(10-28)17-3-1-2-4-21(17)31-23)22(19(25)8-15)30-12-13-5-6-16(26)9-20(13)27/h5-9,11H,1-4,12H2. The Morgan fingerprint density at radius 1 is 1.16 bits per heavy atom. The third-order valence-corrected chi connectivity index (χ3v) is 7.84. The molecule has 1 aliphatic rings. The van der Waals surface area contributed by atoms with Crippen molar-refractivity contribution in [2.24, 2.45) is 4.99 Å². The summed E-state index contributed by atoms with van der Waals surface area (Å²) in [6, 6.07) is 11.5. The molecule has 0 radical (unpaired) electrons. The van der Waals surface area contributed by atoms with Gasteiger partial charge in [-0.25, -0.2) is 4.99 Å². The minimum absolute atomic E-state index is 0.286. The van der Waals surface area contributed by atoms with Crippen molar-refractivity contribution in [3.63, 3.8) is 0 Å². The number of aliphatic imine (C=N–C) groups is 1. The number of nitrogens with zero attached hydrogens (tertiary/aromatic N) is 2. The summed E-state index contributed by atoms with van der Waals surface area (Å²) in [5, 5.41) is 11.6. The minimum Gasteiger partial charge on any atom is -0.487 e. The van der Waals surface area contributed by atoms with Crippen molar-refractivity contribution in [2.45, 2.75) is 32.3 Å². The Bertz CT molecular complexity index is 1220. The minimum atomic E-state index is 0.286. The highest BCUT2D eigenvalue weighted by molar-refractivity contribution is 9.11. The zero-order valence-corrected chi connectivity index (χ0v) is 21.7. The molecule has 2 aromatic carbocycles. The van der Waals surface area contributed by atoms with Crippen LogP contribution in [0.15, 0.2) is 44.3 Å². The number of thiophene rings is 1. The highest BCUT2D eigenvalue weighted by atomic mass is 79.9. The van der Waals surface area contributed by atoms with Crippen molar-refractivity contribution in [3.05, 3.63) is 76.5 Å². The number of aryl methyl sites for hydroxylation is 1. The molecule has 1 aliphatic carbocycles. The first-order chi connectivity index (χ1) is 15.0. The van der Waals surface area contributed by atoms with Gasteiger partial charge in [-0.2, -0.15) is 5.26 Å². The molecule has 0 N–H and O–H groups in total. The lowest BCUT2D eigenvalue weighted by molar-refractivity contribution is 0.304. The second-order valence-corrected chi connectivity index (χ2v) is 10.8. The number of halogens is 4. The fourth-order valence-corrected chi connectivity index (χ4v) is 6.52. The van der Waals surface area contributed by atoms with Crippen LogP contribution in [0, 0.1) is 11.3 Å². The van der Waals surface area contributed by atoms with Crippen LogP contribution >= 0.6 is 66.4 Å². The molecule has 0 saturated heterocycles. The maximum absolute atomic E-state index is 9.68. The molecule has 0 atom stereocenters. The van der Waals surface area contributed by atoms with Crippen LogP contribution in [0.1, 0.15) is 40.0 Å². The molecule has 4 rings (SSSR count). The molecule has 31 heavy (non-hydrogen) atoms. The predicted molar refractivity (Wildman–Crippen MR) is 136 cm³/mol. The number of nitriles is 1. The van der Waals surface area contributed by atoms with E-state index in [1.165, 1.54) is 16.9 Å². The van der Waals surface area contributed by atoms with Gasteiger partial charge in [0.1, 0.15) is 23.4 Å². The van der Waals surface area contributed by atoms with Gasteiger partial charge < -0.3 is 4.74 Å². The maximum Gasteiger partial charge on any atom is 0.142 e. The van der Waals surface area contributed by atoms with Crippen LogP contribution in [0.4, 0.5) is 5.00 Å². The van der Waals surface area contributed by atoms with Gasteiger partial charge in [0, 0.05) is 36.7 Å². The van der Waals surface area contributed by atoms with E-state index in [4.69, 9.17) is 27.9 Å². The predicted octanol–water partition coefficient (Wildman–Crippen LogP) is 8.66. The summed E-state index contributed by atoms with van der Waals surface area (Å²) >= 11 is 21.0. The van der Waals surface area contributed by atoms with Crippen LogP contribution in [0.2, 0.25) is 10.0 Å². The van der Waals surface area contributed by atoms with E-state index >= 15 is 0 Å². The lowest BCUT2D eigenvalue weighted by atomic mass is 9.96. The molecule has 0 saturated carbocycles. The van der Waals surface area contributed by atoms with Gasteiger partial charge in [0.05, 0.1) is 10.0 Å². The third kappa shape index (κ3) is 5.18. The first-order valence-corrected chi connectivity index (χ1v) is 12.8. The Hall–Kier alpha value is -1.36. The summed E-state index contributed by atoms with van der Waals surface area (Å²) in [6.07, 6.45) is 6.05. The van der Waals surface area contributed by atoms with Gasteiger partial charge in [-0.15, -0.1) is 11.3 Å². The number of hydrogen-bond donors (Lipinski definition) is 0. The van der Waals surface area contributed by atoms with Crippen LogP contribution in [0.25, 0.3) is 0 Å². The van der Waals surface area contributed by atoms with Crippen molar-refractivity contribution in [3.8, 4) is 11.8 Å². The topological polar surface area (TPSA) is 45.4 Å². The largest absolute Gasteiger partial charge is 0.487 e. The van der Waals surface area contributed by atoms with Crippen molar-refractivity contribution in [1.29, 1.82) is 5.26 Å². The summed E-state index contributed by atoms with van der Waals surface area (Å²) < 4.78 is 7.79. The van der Waals surface area contributed by atoms with Gasteiger partial charge in [-0.3, -0.25) is 0 Å². The molecule has 8 heteroatoms. The Labute approximate surface area is 211 Å². The zero-order chi connectivity index (χ0) is 22.0. The van der Waals surface area contributed by atoms with E-state index in [9.17, 15) is 5.26 Å². The average molecular weight is 599 g/mol. The Morgan fingerprint density at radius 2 is 1.97 bits per heavy atom. The van der Waals surface area contributed by atoms with E-state index in [2.05, 4.69) is 42.9 Å². The van der Waals surface area contributed by atoms with Gasteiger partial charge in [0.15, 0.2) is 0 Å². The molecule has 0 unspecified atom stereocenters. The molecule has 3 nitrogen and oxygen atoms in total.